The Morgan fingerprint density at radius 2 is 1.79 bits per heavy atom. The van der Waals surface area contributed by atoms with Gasteiger partial charge < -0.3 is 10.0 Å². The second-order valence-electron chi connectivity index (χ2n) is 8.56. The van der Waals surface area contributed by atoms with Crippen LogP contribution >= 0.6 is 24.0 Å². The van der Waals surface area contributed by atoms with Gasteiger partial charge in [0.15, 0.2) is 0 Å². The normalized spacial score (nSPS) is 18.4. The number of carbonyl (C=O) groups excluding carboxylic acids is 1. The summed E-state index contributed by atoms with van der Waals surface area (Å²) in [6.45, 7) is 1.75. The molecule has 2 aromatic carbocycles. The summed E-state index contributed by atoms with van der Waals surface area (Å²) >= 11 is 6.30. The number of carboxylic acids is 1. The Labute approximate surface area is 204 Å². The number of benzene rings is 2. The van der Waals surface area contributed by atoms with E-state index in [9.17, 15) is 9.59 Å². The second-order valence-corrected chi connectivity index (χ2v) is 10.2. The van der Waals surface area contributed by atoms with Crippen molar-refractivity contribution in [2.24, 2.45) is 5.92 Å². The van der Waals surface area contributed by atoms with Crippen LogP contribution in [0.25, 0.3) is 6.08 Å². The van der Waals surface area contributed by atoms with E-state index in [1.807, 2.05) is 12.1 Å². The van der Waals surface area contributed by atoms with E-state index in [4.69, 9.17) is 17.3 Å². The van der Waals surface area contributed by atoms with Gasteiger partial charge in [0.1, 0.15) is 10.9 Å². The molecule has 2 saturated heterocycles. The predicted molar refractivity (Wildman–Crippen MR) is 138 cm³/mol. The molecule has 0 saturated carbocycles. The van der Waals surface area contributed by atoms with E-state index in [1.165, 1.54) is 36.9 Å². The molecule has 4 rings (SSSR count). The van der Waals surface area contributed by atoms with Crippen LogP contribution in [0.5, 0.6) is 0 Å². The van der Waals surface area contributed by atoms with Crippen LogP contribution in [0.2, 0.25) is 0 Å². The zero-order valence-corrected chi connectivity index (χ0v) is 20.1. The highest BCUT2D eigenvalue weighted by Crippen LogP contribution is 2.33. The fourth-order valence-corrected chi connectivity index (χ4v) is 5.68. The summed E-state index contributed by atoms with van der Waals surface area (Å²) in [5.74, 6) is -0.611. The van der Waals surface area contributed by atoms with Crippen molar-refractivity contribution in [3.63, 3.8) is 0 Å². The standard InChI is InChI=1S/C26H28N2O3S2/c29-24(30)18-28-25(31)23(33-26(28)32)17-21-9-11-22(12-10-21)27-15-13-20(14-16-27)8-4-7-19-5-2-1-3-6-19/h1-3,5-6,9-12,17,20H,4,7-8,13-16,18H2,(H,29,30). The number of rotatable bonds is 8. The van der Waals surface area contributed by atoms with Gasteiger partial charge in [-0.2, -0.15) is 0 Å². The molecule has 2 heterocycles. The quantitative estimate of drug-likeness (QED) is 0.413. The van der Waals surface area contributed by atoms with Crippen LogP contribution in [-0.2, 0) is 16.0 Å². The van der Waals surface area contributed by atoms with Crippen LogP contribution in [0, 0.1) is 5.92 Å². The summed E-state index contributed by atoms with van der Waals surface area (Å²) in [6.07, 6.45) is 7.94. The summed E-state index contributed by atoms with van der Waals surface area (Å²) in [6, 6.07) is 18.9. The maximum atomic E-state index is 12.4. The largest absolute Gasteiger partial charge is 0.480 e. The molecule has 0 spiro atoms. The van der Waals surface area contributed by atoms with Crippen molar-refractivity contribution in [1.29, 1.82) is 0 Å². The van der Waals surface area contributed by atoms with Crippen molar-refractivity contribution in [3.8, 4) is 0 Å². The molecule has 2 aliphatic heterocycles. The third-order valence-corrected chi connectivity index (χ3v) is 7.64. The number of aryl methyl sites for hydroxylation is 1. The number of piperidine rings is 1. The summed E-state index contributed by atoms with van der Waals surface area (Å²) in [4.78, 5) is 27.4. The van der Waals surface area contributed by atoms with Crippen LogP contribution in [0.4, 0.5) is 5.69 Å². The van der Waals surface area contributed by atoms with Crippen molar-refractivity contribution < 1.29 is 14.7 Å². The number of aliphatic carboxylic acids is 1. The zero-order chi connectivity index (χ0) is 23.2. The molecule has 0 bridgehead atoms. The molecular weight excluding hydrogens is 452 g/mol. The second kappa shape index (κ2) is 11.0. The highest BCUT2D eigenvalue weighted by molar-refractivity contribution is 8.26. The minimum atomic E-state index is -1.07. The Kier molecular flexibility index (Phi) is 7.83. The topological polar surface area (TPSA) is 60.9 Å². The highest BCUT2D eigenvalue weighted by Gasteiger charge is 2.33. The van der Waals surface area contributed by atoms with Gasteiger partial charge in [-0.1, -0.05) is 66.4 Å². The number of amides is 1. The predicted octanol–water partition coefficient (Wildman–Crippen LogP) is 5.21. The molecule has 0 unspecified atom stereocenters. The molecule has 2 aliphatic rings. The maximum Gasteiger partial charge on any atom is 0.323 e. The number of thiocarbonyl (C=S) groups is 1. The minimum absolute atomic E-state index is 0.289. The van der Waals surface area contributed by atoms with E-state index in [-0.39, 0.29) is 10.2 Å². The van der Waals surface area contributed by atoms with Crippen molar-refractivity contribution in [2.75, 3.05) is 24.5 Å². The van der Waals surface area contributed by atoms with Crippen LogP contribution in [0.3, 0.4) is 0 Å². The third kappa shape index (κ3) is 6.24. The molecule has 0 aliphatic carbocycles. The Hall–Kier alpha value is -2.64. The lowest BCUT2D eigenvalue weighted by atomic mass is 9.90. The van der Waals surface area contributed by atoms with Gasteiger partial charge in [0, 0.05) is 18.8 Å². The first-order valence-electron chi connectivity index (χ1n) is 11.4. The first kappa shape index (κ1) is 23.5. The van der Waals surface area contributed by atoms with Gasteiger partial charge in [0.25, 0.3) is 5.91 Å². The molecule has 7 heteroatoms. The van der Waals surface area contributed by atoms with Crippen molar-refractivity contribution in [1.82, 2.24) is 4.90 Å². The van der Waals surface area contributed by atoms with E-state index in [0.717, 1.165) is 47.7 Å². The first-order chi connectivity index (χ1) is 16.0. The fourth-order valence-electron chi connectivity index (χ4n) is 4.42. The lowest BCUT2D eigenvalue weighted by Gasteiger charge is -2.33. The van der Waals surface area contributed by atoms with Crippen LogP contribution in [-0.4, -0.2) is 45.8 Å². The van der Waals surface area contributed by atoms with Gasteiger partial charge in [-0.15, -0.1) is 0 Å². The molecule has 0 aromatic heterocycles. The van der Waals surface area contributed by atoms with E-state index in [1.54, 1.807) is 6.08 Å². The molecule has 2 fully saturated rings. The molecule has 5 nitrogen and oxygen atoms in total. The molecule has 0 radical (unpaired) electrons. The van der Waals surface area contributed by atoms with Crippen molar-refractivity contribution in [3.05, 3.63) is 70.6 Å². The molecule has 172 valence electrons. The summed E-state index contributed by atoms with van der Waals surface area (Å²) in [5.41, 5.74) is 3.54. The van der Waals surface area contributed by atoms with Gasteiger partial charge in [0.2, 0.25) is 0 Å². The van der Waals surface area contributed by atoms with Crippen LogP contribution in [0.1, 0.15) is 36.8 Å². The van der Waals surface area contributed by atoms with Gasteiger partial charge in [-0.05, 0) is 67.4 Å². The SMILES string of the molecule is O=C(O)CN1C(=O)C(=Cc2ccc(N3CCC(CCCc4ccccc4)CC3)cc2)SC1=S. The van der Waals surface area contributed by atoms with E-state index in [2.05, 4.69) is 47.4 Å². The molecule has 1 N–H and O–H groups in total. The van der Waals surface area contributed by atoms with Crippen LogP contribution < -0.4 is 4.90 Å². The van der Waals surface area contributed by atoms with Gasteiger partial charge in [0.05, 0.1) is 4.91 Å². The van der Waals surface area contributed by atoms with Crippen LogP contribution in [0.15, 0.2) is 59.5 Å². The third-order valence-electron chi connectivity index (χ3n) is 6.26. The Morgan fingerprint density at radius 1 is 1.09 bits per heavy atom. The van der Waals surface area contributed by atoms with Gasteiger partial charge >= 0.3 is 5.97 Å². The Bertz CT molecular complexity index is 1030. The number of carboxylic acid groups (broad SMARTS) is 1. The summed E-state index contributed by atoms with van der Waals surface area (Å²) in [5, 5.41) is 8.96. The van der Waals surface area contributed by atoms with E-state index >= 15 is 0 Å². The lowest BCUT2D eigenvalue weighted by Crippen LogP contribution is -2.33. The number of anilines is 1. The fraction of sp³-hybridized carbons (Fsp3) is 0.346. The lowest BCUT2D eigenvalue weighted by molar-refractivity contribution is -0.140. The minimum Gasteiger partial charge on any atom is -0.480 e. The van der Waals surface area contributed by atoms with Gasteiger partial charge in [-0.25, -0.2) is 0 Å². The smallest absolute Gasteiger partial charge is 0.323 e. The van der Waals surface area contributed by atoms with E-state index in [0.29, 0.717) is 4.91 Å². The molecule has 33 heavy (non-hydrogen) atoms. The first-order valence-corrected chi connectivity index (χ1v) is 12.6. The summed E-state index contributed by atoms with van der Waals surface area (Å²) in [7, 11) is 0. The maximum absolute atomic E-state index is 12.4. The monoisotopic (exact) mass is 480 g/mol. The molecule has 2 aromatic rings. The molecule has 1 amide bonds. The van der Waals surface area contributed by atoms with Gasteiger partial charge in [-0.3, -0.25) is 14.5 Å². The summed E-state index contributed by atoms with van der Waals surface area (Å²) < 4.78 is 0.289. The number of nitrogens with zero attached hydrogens (tertiary/aromatic N) is 2. The number of carbonyl (C=O) groups is 2. The molecular formula is C26H28N2O3S2. The van der Waals surface area contributed by atoms with Crippen molar-refractivity contribution in [2.45, 2.75) is 32.1 Å². The number of thioether (sulfide) groups is 1. The Balaban J connectivity index is 1.27. The number of hydrogen-bond donors (Lipinski definition) is 1. The zero-order valence-electron chi connectivity index (χ0n) is 18.5. The van der Waals surface area contributed by atoms with E-state index < -0.39 is 12.5 Å². The Morgan fingerprint density at radius 3 is 2.45 bits per heavy atom. The average molecular weight is 481 g/mol. The molecule has 0 atom stereocenters. The number of hydrogen-bond acceptors (Lipinski definition) is 5. The highest BCUT2D eigenvalue weighted by atomic mass is 32.2. The van der Waals surface area contributed by atoms with Crippen molar-refractivity contribution >= 4 is 51.9 Å². The average Bonchev–Trinajstić information content (AvgIpc) is 3.08.